The molecule has 3 heterocycles. The number of carbonyl (C=O) groups is 2. The highest BCUT2D eigenvalue weighted by atomic mass is 16.6. The Bertz CT molecular complexity index is 653. The third kappa shape index (κ3) is 4.16. The van der Waals surface area contributed by atoms with Gasteiger partial charge in [0.05, 0.1) is 12.1 Å². The van der Waals surface area contributed by atoms with Gasteiger partial charge in [0.15, 0.2) is 5.76 Å². The van der Waals surface area contributed by atoms with Crippen LogP contribution in [0.2, 0.25) is 0 Å². The van der Waals surface area contributed by atoms with E-state index in [4.69, 9.17) is 4.42 Å². The van der Waals surface area contributed by atoms with E-state index in [9.17, 15) is 19.7 Å². The molecule has 2 aliphatic rings. The van der Waals surface area contributed by atoms with Gasteiger partial charge < -0.3 is 20.0 Å². The smallest absolute Gasteiger partial charge is 0.395 e. The second-order valence-electron chi connectivity index (χ2n) is 6.55. The van der Waals surface area contributed by atoms with Crippen molar-refractivity contribution in [3.63, 3.8) is 0 Å². The number of hydrogen-bond donors (Lipinski definition) is 2. The highest BCUT2D eigenvalue weighted by Crippen LogP contribution is 2.21. The van der Waals surface area contributed by atoms with E-state index in [0.29, 0.717) is 19.6 Å². The fraction of sp³-hybridized carbons (Fsp3) is 0.625. The van der Waals surface area contributed by atoms with Gasteiger partial charge in [0, 0.05) is 19.6 Å². The van der Waals surface area contributed by atoms with Crippen molar-refractivity contribution in [3.05, 3.63) is 28.0 Å². The molecule has 25 heavy (non-hydrogen) atoms. The maximum atomic E-state index is 12.4. The predicted molar refractivity (Wildman–Crippen MR) is 88.0 cm³/mol. The summed E-state index contributed by atoms with van der Waals surface area (Å²) < 4.78 is 4.99. The lowest BCUT2D eigenvalue weighted by Crippen LogP contribution is -2.46. The highest BCUT2D eigenvalue weighted by molar-refractivity contribution is 5.91. The summed E-state index contributed by atoms with van der Waals surface area (Å²) in [7, 11) is 0. The normalized spacial score (nSPS) is 23.4. The van der Waals surface area contributed by atoms with Gasteiger partial charge in [0.25, 0.3) is 5.91 Å². The van der Waals surface area contributed by atoms with Gasteiger partial charge in [-0.05, 0) is 44.2 Å². The molecule has 0 bridgehead atoms. The zero-order chi connectivity index (χ0) is 17.8. The third-order valence-corrected chi connectivity index (χ3v) is 4.73. The quantitative estimate of drug-likeness (QED) is 0.602. The first-order valence-electron chi connectivity index (χ1n) is 8.59. The zero-order valence-electron chi connectivity index (χ0n) is 13.9. The molecule has 2 aliphatic heterocycles. The van der Waals surface area contributed by atoms with Gasteiger partial charge >= 0.3 is 5.88 Å². The van der Waals surface area contributed by atoms with Gasteiger partial charge in [-0.1, -0.05) is 0 Å². The fourth-order valence-electron chi connectivity index (χ4n) is 3.39. The van der Waals surface area contributed by atoms with Crippen molar-refractivity contribution in [1.82, 2.24) is 15.5 Å². The summed E-state index contributed by atoms with van der Waals surface area (Å²) in [6, 6.07) is 2.41. The van der Waals surface area contributed by atoms with Crippen LogP contribution in [0.1, 0.15) is 36.2 Å². The van der Waals surface area contributed by atoms with Gasteiger partial charge in [-0.25, -0.2) is 0 Å². The number of hydrogen-bond acceptors (Lipinski definition) is 6. The largest absolute Gasteiger partial charge is 0.433 e. The molecule has 0 saturated carbocycles. The Morgan fingerprint density at radius 1 is 1.36 bits per heavy atom. The van der Waals surface area contributed by atoms with E-state index in [0.717, 1.165) is 32.2 Å². The fourth-order valence-corrected chi connectivity index (χ4v) is 3.39. The molecule has 136 valence electrons. The van der Waals surface area contributed by atoms with E-state index >= 15 is 0 Å². The van der Waals surface area contributed by atoms with Crippen LogP contribution < -0.4 is 10.6 Å². The number of amides is 2. The average Bonchev–Trinajstić information content (AvgIpc) is 3.30. The molecule has 2 atom stereocenters. The van der Waals surface area contributed by atoms with Crippen molar-refractivity contribution < 1.29 is 18.9 Å². The minimum absolute atomic E-state index is 0.0163. The number of carbonyl (C=O) groups excluding carboxylic acids is 2. The molecule has 2 N–H and O–H groups in total. The Hall–Kier alpha value is -2.42. The molecule has 0 spiro atoms. The van der Waals surface area contributed by atoms with Gasteiger partial charge in [0.1, 0.15) is 4.92 Å². The molecule has 1 aromatic rings. The van der Waals surface area contributed by atoms with Crippen LogP contribution in [0.5, 0.6) is 0 Å². The Kier molecular flexibility index (Phi) is 5.32. The summed E-state index contributed by atoms with van der Waals surface area (Å²) in [6.45, 7) is 2.49. The maximum Gasteiger partial charge on any atom is 0.433 e. The second kappa shape index (κ2) is 7.64. The van der Waals surface area contributed by atoms with Gasteiger partial charge in [-0.3, -0.25) is 19.7 Å². The average molecular weight is 350 g/mol. The van der Waals surface area contributed by atoms with Crippen LogP contribution in [-0.4, -0.2) is 53.9 Å². The number of piperidine rings is 1. The summed E-state index contributed by atoms with van der Waals surface area (Å²) in [5.41, 5.74) is 0. The van der Waals surface area contributed by atoms with E-state index in [-0.39, 0.29) is 29.5 Å². The standard InChI is InChI=1S/C16H22N4O5/c21-15(12-4-1-7-17-12)18-9-11-3-2-8-19(10-11)16(22)13-5-6-14(25-13)20(23)24/h5-6,11-12,17H,1-4,7-10H2,(H,18,21). The number of nitrogens with zero attached hydrogens (tertiary/aromatic N) is 2. The van der Waals surface area contributed by atoms with Crippen LogP contribution in [0.25, 0.3) is 0 Å². The van der Waals surface area contributed by atoms with Crippen LogP contribution in [0.15, 0.2) is 16.5 Å². The molecule has 1 aromatic heterocycles. The molecule has 2 unspecified atom stereocenters. The molecule has 2 saturated heterocycles. The molecule has 3 rings (SSSR count). The molecule has 9 heteroatoms. The van der Waals surface area contributed by atoms with Gasteiger partial charge in [-0.15, -0.1) is 0 Å². The van der Waals surface area contributed by atoms with E-state index < -0.39 is 10.8 Å². The van der Waals surface area contributed by atoms with Crippen LogP contribution in [-0.2, 0) is 4.79 Å². The van der Waals surface area contributed by atoms with Crippen molar-refractivity contribution in [1.29, 1.82) is 0 Å². The minimum atomic E-state index is -0.664. The Labute approximate surface area is 144 Å². The van der Waals surface area contributed by atoms with Crippen LogP contribution in [0.3, 0.4) is 0 Å². The topological polar surface area (TPSA) is 118 Å². The molecule has 0 aliphatic carbocycles. The molecule has 0 aromatic carbocycles. The van der Waals surface area contributed by atoms with E-state index in [1.165, 1.54) is 12.1 Å². The number of rotatable bonds is 5. The van der Waals surface area contributed by atoms with Crippen molar-refractivity contribution in [2.75, 3.05) is 26.2 Å². The number of likely N-dealkylation sites (tertiary alicyclic amines) is 1. The molecule has 9 nitrogen and oxygen atoms in total. The summed E-state index contributed by atoms with van der Waals surface area (Å²) in [5.74, 6) is -0.614. The first-order chi connectivity index (χ1) is 12.0. The summed E-state index contributed by atoms with van der Waals surface area (Å²) in [5, 5.41) is 16.8. The highest BCUT2D eigenvalue weighted by Gasteiger charge is 2.29. The zero-order valence-corrected chi connectivity index (χ0v) is 13.9. The van der Waals surface area contributed by atoms with E-state index in [2.05, 4.69) is 10.6 Å². The first-order valence-corrected chi connectivity index (χ1v) is 8.59. The van der Waals surface area contributed by atoms with Crippen LogP contribution in [0, 0.1) is 16.0 Å². The third-order valence-electron chi connectivity index (χ3n) is 4.73. The summed E-state index contributed by atoms with van der Waals surface area (Å²) >= 11 is 0. The van der Waals surface area contributed by atoms with Gasteiger partial charge in [0.2, 0.25) is 5.91 Å². The Balaban J connectivity index is 1.52. The lowest BCUT2D eigenvalue weighted by atomic mass is 9.97. The number of nitro groups is 1. The lowest BCUT2D eigenvalue weighted by molar-refractivity contribution is -0.402. The summed E-state index contributed by atoms with van der Waals surface area (Å²) in [6.07, 6.45) is 3.63. The molecular weight excluding hydrogens is 328 g/mol. The van der Waals surface area contributed by atoms with Crippen molar-refractivity contribution in [2.24, 2.45) is 5.92 Å². The lowest BCUT2D eigenvalue weighted by Gasteiger charge is -2.32. The van der Waals surface area contributed by atoms with E-state index in [1.807, 2.05) is 0 Å². The first kappa shape index (κ1) is 17.4. The Morgan fingerprint density at radius 2 is 2.20 bits per heavy atom. The van der Waals surface area contributed by atoms with Crippen LogP contribution >= 0.6 is 0 Å². The summed E-state index contributed by atoms with van der Waals surface area (Å²) in [4.78, 5) is 36.1. The minimum Gasteiger partial charge on any atom is -0.395 e. The number of furan rings is 1. The maximum absolute atomic E-state index is 12.4. The predicted octanol–water partition coefficient (Wildman–Crippen LogP) is 0.908. The molecule has 2 fully saturated rings. The van der Waals surface area contributed by atoms with E-state index in [1.54, 1.807) is 4.90 Å². The molecular formula is C16H22N4O5. The second-order valence-corrected chi connectivity index (χ2v) is 6.55. The van der Waals surface area contributed by atoms with Crippen molar-refractivity contribution in [2.45, 2.75) is 31.7 Å². The van der Waals surface area contributed by atoms with Gasteiger partial charge in [-0.2, -0.15) is 0 Å². The monoisotopic (exact) mass is 350 g/mol. The molecule has 2 amide bonds. The van der Waals surface area contributed by atoms with Crippen LogP contribution in [0.4, 0.5) is 5.88 Å². The SMILES string of the molecule is O=C(NCC1CCCN(C(=O)c2ccc([N+](=O)[O-])o2)C1)C1CCCN1. The van der Waals surface area contributed by atoms with Crippen molar-refractivity contribution in [3.8, 4) is 0 Å². The molecule has 0 radical (unpaired) electrons. The van der Waals surface area contributed by atoms with Crippen molar-refractivity contribution >= 4 is 17.7 Å². The Morgan fingerprint density at radius 3 is 2.88 bits per heavy atom. The number of nitrogens with one attached hydrogen (secondary N) is 2.